The Bertz CT molecular complexity index is 630. The lowest BCUT2D eigenvalue weighted by atomic mass is 9.72. The maximum atomic E-state index is 11.1. The minimum atomic E-state index is 0.310. The third-order valence-corrected chi connectivity index (χ3v) is 7.14. The molecule has 1 aliphatic carbocycles. The Balaban J connectivity index is 1.41. The Hall–Kier alpha value is -1.35. The molecule has 1 aliphatic heterocycles. The van der Waals surface area contributed by atoms with Crippen molar-refractivity contribution in [3.8, 4) is 5.75 Å². The predicted molar refractivity (Wildman–Crippen MR) is 121 cm³/mol. The minimum absolute atomic E-state index is 0.310. The van der Waals surface area contributed by atoms with Crippen molar-refractivity contribution in [3.05, 3.63) is 29.8 Å². The number of likely N-dealkylation sites (tertiary alicyclic amines) is 1. The highest BCUT2D eigenvalue weighted by Crippen LogP contribution is 2.39. The van der Waals surface area contributed by atoms with Crippen molar-refractivity contribution >= 4 is 5.78 Å². The number of hydrogen-bond acceptors (Lipinski definition) is 3. The molecule has 1 heterocycles. The highest BCUT2D eigenvalue weighted by molar-refractivity contribution is 5.75. The Labute approximate surface area is 178 Å². The Morgan fingerprint density at radius 2 is 1.62 bits per heavy atom. The zero-order valence-electron chi connectivity index (χ0n) is 19.1. The summed E-state index contributed by atoms with van der Waals surface area (Å²) in [5.74, 6) is 2.84. The summed E-state index contributed by atoms with van der Waals surface area (Å²) in [6, 6.07) is 8.94. The number of nitrogens with zero attached hydrogens (tertiary/aromatic N) is 1. The number of ether oxygens (including phenoxy) is 1. The van der Waals surface area contributed by atoms with Crippen LogP contribution in [-0.4, -0.2) is 36.4 Å². The van der Waals surface area contributed by atoms with Crippen LogP contribution in [0.3, 0.4) is 0 Å². The van der Waals surface area contributed by atoms with Gasteiger partial charge in [-0.1, -0.05) is 32.9 Å². The van der Waals surface area contributed by atoms with E-state index in [2.05, 4.69) is 49.9 Å². The molecule has 162 valence electrons. The molecule has 0 atom stereocenters. The molecule has 1 saturated carbocycles. The lowest BCUT2D eigenvalue weighted by Crippen LogP contribution is -2.33. The second kappa shape index (κ2) is 10.1. The van der Waals surface area contributed by atoms with E-state index in [9.17, 15) is 4.79 Å². The summed E-state index contributed by atoms with van der Waals surface area (Å²) in [6.07, 6.45) is 9.50. The molecule has 1 aromatic rings. The molecule has 1 saturated heterocycles. The van der Waals surface area contributed by atoms with E-state index >= 15 is 0 Å². The van der Waals surface area contributed by atoms with Crippen molar-refractivity contribution in [2.45, 2.75) is 91.1 Å². The predicted octanol–water partition coefficient (Wildman–Crippen LogP) is 6.22. The molecular weight excluding hydrogens is 358 g/mol. The summed E-state index contributed by atoms with van der Waals surface area (Å²) in [6.45, 7) is 12.2. The summed E-state index contributed by atoms with van der Waals surface area (Å²) in [4.78, 5) is 13.6. The molecule has 3 rings (SSSR count). The fourth-order valence-corrected chi connectivity index (χ4v) is 5.10. The van der Waals surface area contributed by atoms with E-state index in [1.807, 2.05) is 0 Å². The quantitative estimate of drug-likeness (QED) is 0.545. The standard InChI is InChI=1S/C26H41NO2/c1-20(28)6-5-17-27-18-15-22(16-19-27)21-7-11-24(12-8-21)29-25-13-9-23(10-14-25)26(2,3)4/h7-8,11-12,22-23,25H,5-6,9-10,13-19H2,1-4H3. The first-order valence-corrected chi connectivity index (χ1v) is 11.8. The van der Waals surface area contributed by atoms with E-state index in [-0.39, 0.29) is 0 Å². The van der Waals surface area contributed by atoms with E-state index in [4.69, 9.17) is 4.74 Å². The van der Waals surface area contributed by atoms with Gasteiger partial charge in [-0.15, -0.1) is 0 Å². The van der Waals surface area contributed by atoms with Gasteiger partial charge in [0.2, 0.25) is 0 Å². The number of rotatable bonds is 7. The monoisotopic (exact) mass is 399 g/mol. The molecule has 1 aromatic carbocycles. The number of Topliss-reactive ketones (excluding diaryl/α,β-unsaturated/α-hetero) is 1. The maximum Gasteiger partial charge on any atom is 0.129 e. The SMILES string of the molecule is CC(=O)CCCN1CCC(c2ccc(OC3CCC(C(C)(C)C)CC3)cc2)CC1. The molecule has 0 bridgehead atoms. The zero-order chi connectivity index (χ0) is 20.9. The summed E-state index contributed by atoms with van der Waals surface area (Å²) in [7, 11) is 0. The van der Waals surface area contributed by atoms with Crippen LogP contribution in [-0.2, 0) is 4.79 Å². The largest absolute Gasteiger partial charge is 0.490 e. The van der Waals surface area contributed by atoms with Gasteiger partial charge >= 0.3 is 0 Å². The molecule has 3 heteroatoms. The average Bonchev–Trinajstić information content (AvgIpc) is 2.69. The molecule has 3 nitrogen and oxygen atoms in total. The Morgan fingerprint density at radius 1 is 1.00 bits per heavy atom. The van der Waals surface area contributed by atoms with Crippen LogP contribution in [0.1, 0.15) is 90.5 Å². The number of carbonyl (C=O) groups is 1. The molecule has 0 amide bonds. The molecular formula is C26H41NO2. The third kappa shape index (κ3) is 6.84. The van der Waals surface area contributed by atoms with E-state index in [1.54, 1.807) is 6.92 Å². The fraction of sp³-hybridized carbons (Fsp3) is 0.731. The number of piperidine rings is 1. The summed E-state index contributed by atoms with van der Waals surface area (Å²) in [5.41, 5.74) is 1.88. The van der Waals surface area contributed by atoms with Gasteiger partial charge in [-0.2, -0.15) is 0 Å². The third-order valence-electron chi connectivity index (χ3n) is 7.14. The van der Waals surface area contributed by atoms with Gasteiger partial charge in [0.25, 0.3) is 0 Å². The number of benzene rings is 1. The molecule has 2 fully saturated rings. The van der Waals surface area contributed by atoms with Crippen molar-refractivity contribution < 1.29 is 9.53 Å². The lowest BCUT2D eigenvalue weighted by molar-refractivity contribution is -0.117. The van der Waals surface area contributed by atoms with Crippen molar-refractivity contribution in [1.29, 1.82) is 0 Å². The van der Waals surface area contributed by atoms with Gasteiger partial charge in [0, 0.05) is 6.42 Å². The van der Waals surface area contributed by atoms with Gasteiger partial charge in [-0.3, -0.25) is 0 Å². The van der Waals surface area contributed by atoms with Crippen LogP contribution >= 0.6 is 0 Å². The summed E-state index contributed by atoms with van der Waals surface area (Å²) >= 11 is 0. The molecule has 2 aliphatic rings. The van der Waals surface area contributed by atoms with Gasteiger partial charge in [-0.25, -0.2) is 0 Å². The molecule has 0 spiro atoms. The lowest BCUT2D eigenvalue weighted by Gasteiger charge is -2.37. The van der Waals surface area contributed by atoms with Crippen LogP contribution in [0, 0.1) is 11.3 Å². The van der Waals surface area contributed by atoms with Crippen LogP contribution < -0.4 is 4.74 Å². The van der Waals surface area contributed by atoms with Gasteiger partial charge in [0.05, 0.1) is 6.10 Å². The van der Waals surface area contributed by atoms with Gasteiger partial charge in [-0.05, 0) is 106 Å². The van der Waals surface area contributed by atoms with Crippen molar-refractivity contribution in [2.24, 2.45) is 11.3 Å². The zero-order valence-corrected chi connectivity index (χ0v) is 19.1. The van der Waals surface area contributed by atoms with E-state index in [0.29, 0.717) is 23.2 Å². The molecule has 0 N–H and O–H groups in total. The fourth-order valence-electron chi connectivity index (χ4n) is 5.10. The van der Waals surface area contributed by atoms with Crippen LogP contribution in [0.25, 0.3) is 0 Å². The Morgan fingerprint density at radius 3 is 2.17 bits per heavy atom. The molecule has 0 unspecified atom stereocenters. The van der Waals surface area contributed by atoms with Gasteiger partial charge in [0.1, 0.15) is 11.5 Å². The normalized spacial score (nSPS) is 24.4. The van der Waals surface area contributed by atoms with Gasteiger partial charge in [0.15, 0.2) is 0 Å². The first kappa shape index (κ1) is 22.3. The second-order valence-corrected chi connectivity index (χ2v) is 10.4. The van der Waals surface area contributed by atoms with E-state index in [1.165, 1.54) is 44.1 Å². The van der Waals surface area contributed by atoms with Crippen molar-refractivity contribution in [2.75, 3.05) is 19.6 Å². The highest BCUT2D eigenvalue weighted by atomic mass is 16.5. The Kier molecular flexibility index (Phi) is 7.79. The van der Waals surface area contributed by atoms with Crippen molar-refractivity contribution in [1.82, 2.24) is 4.90 Å². The first-order valence-electron chi connectivity index (χ1n) is 11.8. The van der Waals surface area contributed by atoms with Crippen LogP contribution in [0.15, 0.2) is 24.3 Å². The second-order valence-electron chi connectivity index (χ2n) is 10.4. The minimum Gasteiger partial charge on any atom is -0.490 e. The molecule has 0 aromatic heterocycles. The number of carbonyl (C=O) groups excluding carboxylic acids is 1. The van der Waals surface area contributed by atoms with Crippen LogP contribution in [0.4, 0.5) is 0 Å². The van der Waals surface area contributed by atoms with E-state index in [0.717, 1.165) is 44.1 Å². The maximum absolute atomic E-state index is 11.1. The van der Waals surface area contributed by atoms with Crippen LogP contribution in [0.5, 0.6) is 5.75 Å². The molecule has 29 heavy (non-hydrogen) atoms. The highest BCUT2D eigenvalue weighted by Gasteiger charge is 2.30. The number of hydrogen-bond donors (Lipinski definition) is 0. The summed E-state index contributed by atoms with van der Waals surface area (Å²) < 4.78 is 6.30. The van der Waals surface area contributed by atoms with Gasteiger partial charge < -0.3 is 14.4 Å². The van der Waals surface area contributed by atoms with Crippen LogP contribution in [0.2, 0.25) is 0 Å². The molecule has 0 radical (unpaired) electrons. The summed E-state index contributed by atoms with van der Waals surface area (Å²) in [5, 5.41) is 0. The first-order chi connectivity index (χ1) is 13.8. The smallest absolute Gasteiger partial charge is 0.129 e. The van der Waals surface area contributed by atoms with E-state index < -0.39 is 0 Å². The number of ketones is 1. The topological polar surface area (TPSA) is 29.5 Å². The van der Waals surface area contributed by atoms with Crippen molar-refractivity contribution in [3.63, 3.8) is 0 Å². The average molecular weight is 400 g/mol.